The average Bonchev–Trinajstić information content (AvgIpc) is 1.53. The summed E-state index contributed by atoms with van der Waals surface area (Å²) >= 11 is 1.83. The summed E-state index contributed by atoms with van der Waals surface area (Å²) in [7, 11) is 0. The van der Waals surface area contributed by atoms with Crippen LogP contribution >= 0.6 is 11.3 Å². The van der Waals surface area contributed by atoms with Gasteiger partial charge in [0.15, 0.2) is 0 Å². The maximum absolute atomic E-state index is 15.5. The third kappa shape index (κ3) is 8.53. The molecule has 0 amide bonds. The van der Waals surface area contributed by atoms with Crippen LogP contribution < -0.4 is 16.7 Å². The zero-order valence-electron chi connectivity index (χ0n) is 66.8. The van der Waals surface area contributed by atoms with E-state index in [1.807, 2.05) is 73.1 Å². The van der Waals surface area contributed by atoms with Crippen molar-refractivity contribution < 1.29 is 0 Å². The predicted molar refractivity (Wildman–Crippen MR) is 519 cm³/mol. The first-order chi connectivity index (χ1) is 61.0. The molecule has 0 spiro atoms. The quantitative estimate of drug-likeness (QED) is 0.156. The highest BCUT2D eigenvalue weighted by atomic mass is 32.1. The Morgan fingerprint density at radius 1 is 0.202 bits per heavy atom. The summed E-state index contributed by atoms with van der Waals surface area (Å²) in [6.45, 7) is 4.74. The molecule has 0 unspecified atom stereocenters. The van der Waals surface area contributed by atoms with E-state index in [1.165, 1.54) is 53.2 Å². The highest BCUT2D eigenvalue weighted by molar-refractivity contribution is 7.25. The molecule has 29 rings (SSSR count). The van der Waals surface area contributed by atoms with Gasteiger partial charge in [0.25, 0.3) is 16.7 Å². The maximum atomic E-state index is 15.5. The zero-order chi connectivity index (χ0) is 81.3. The van der Waals surface area contributed by atoms with Gasteiger partial charge in [-0.2, -0.15) is 0 Å². The van der Waals surface area contributed by atoms with Crippen LogP contribution in [0.4, 0.5) is 0 Å². The van der Waals surface area contributed by atoms with Crippen LogP contribution in [-0.4, -0.2) is 26.9 Å². The van der Waals surface area contributed by atoms with Crippen molar-refractivity contribution in [3.05, 3.63) is 394 Å². The molecule has 0 fully saturated rings. The van der Waals surface area contributed by atoms with Crippen LogP contribution in [0.25, 0.3) is 261 Å². The van der Waals surface area contributed by atoms with Gasteiger partial charge >= 0.3 is 0 Å². The highest BCUT2D eigenvalue weighted by Crippen LogP contribution is 2.54. The minimum absolute atomic E-state index is 0.0186. The van der Waals surface area contributed by atoms with Gasteiger partial charge in [0, 0.05) is 140 Å². The molecule has 10 heterocycles. The van der Waals surface area contributed by atoms with E-state index in [2.05, 4.69) is 331 Å². The van der Waals surface area contributed by atoms with Crippen LogP contribution in [0.15, 0.2) is 366 Å². The number of hydrogen-bond donors (Lipinski definition) is 0. The van der Waals surface area contributed by atoms with Gasteiger partial charge in [0.05, 0.1) is 66.2 Å². The van der Waals surface area contributed by atoms with E-state index in [9.17, 15) is 4.79 Å². The topological polar surface area (TPSA) is 79.2 Å². The SMILES string of the molecule is CC1(C)c2cc(-c3ccc4c(c3)c(=O)n3c5ccccc5c5cc(-c6ccc7sc8ccccc8c7c6)cc4c53)ccc2-c2cc3c4cc(-c5ccc6c(c5)c5ccccc5n6-c5ccc6c(c5)c5cc(-n7c8ccccc8c8ccccc87)cc7c8ccccc8c(=O)n6c75)ccc4n(-c4cc5c6ccccc6c(=O)n6c7ccccc7c(c4)c56)c3cc21. The average molecular weight is 1600 g/mol. The summed E-state index contributed by atoms with van der Waals surface area (Å²) in [4.78, 5) is 45.4. The van der Waals surface area contributed by atoms with Crippen molar-refractivity contribution in [3.8, 4) is 61.6 Å². The van der Waals surface area contributed by atoms with Crippen molar-refractivity contribution in [2.24, 2.45) is 0 Å². The number of hydrogen-bond acceptors (Lipinski definition) is 4. The van der Waals surface area contributed by atoms with Crippen molar-refractivity contribution in [1.29, 1.82) is 0 Å². The highest BCUT2D eigenvalue weighted by Gasteiger charge is 2.38. The van der Waals surface area contributed by atoms with Crippen LogP contribution in [0, 0.1) is 0 Å². The van der Waals surface area contributed by atoms with E-state index in [1.54, 1.807) is 0 Å². The predicted octanol–water partition coefficient (Wildman–Crippen LogP) is 28.2. The second-order valence-electron chi connectivity index (χ2n) is 34.8. The largest absolute Gasteiger partial charge is 0.309 e. The number of aromatic nitrogens is 6. The zero-order valence-corrected chi connectivity index (χ0v) is 67.6. The van der Waals surface area contributed by atoms with Crippen molar-refractivity contribution in [2.75, 3.05) is 0 Å². The number of pyridine rings is 3. The first-order valence-electron chi connectivity index (χ1n) is 42.5. The fourth-order valence-electron chi connectivity index (χ4n) is 22.8. The molecule has 0 saturated heterocycles. The summed E-state index contributed by atoms with van der Waals surface area (Å²) in [5.74, 6) is 0. The van der Waals surface area contributed by atoms with Crippen molar-refractivity contribution in [3.63, 3.8) is 0 Å². The lowest BCUT2D eigenvalue weighted by molar-refractivity contribution is 0.661. The molecule has 124 heavy (non-hydrogen) atoms. The fourth-order valence-corrected chi connectivity index (χ4v) is 23.9. The Hall–Kier alpha value is -16.0. The molecule has 28 aromatic rings. The fraction of sp³-hybridized carbons (Fsp3) is 0.0263. The summed E-state index contributed by atoms with van der Waals surface area (Å²) in [6.07, 6.45) is 0. The van der Waals surface area contributed by atoms with Gasteiger partial charge in [-0.05, 0) is 236 Å². The van der Waals surface area contributed by atoms with Gasteiger partial charge in [-0.1, -0.05) is 202 Å². The minimum atomic E-state index is -0.461. The van der Waals surface area contributed by atoms with Crippen LogP contribution in [0.1, 0.15) is 25.0 Å². The van der Waals surface area contributed by atoms with E-state index >= 15 is 9.59 Å². The molecule has 0 saturated carbocycles. The second-order valence-corrected chi connectivity index (χ2v) is 35.9. The Morgan fingerprint density at radius 3 is 1.11 bits per heavy atom. The maximum Gasteiger partial charge on any atom is 0.263 e. The molecule has 0 aliphatic heterocycles. The number of rotatable bonds is 6. The Labute approximate surface area is 707 Å². The van der Waals surface area contributed by atoms with Gasteiger partial charge < -0.3 is 13.7 Å². The van der Waals surface area contributed by atoms with E-state index in [0.717, 1.165) is 203 Å². The van der Waals surface area contributed by atoms with E-state index in [0.29, 0.717) is 16.2 Å². The number of thiophene rings is 1. The molecule has 0 radical (unpaired) electrons. The molecule has 1 aliphatic rings. The van der Waals surface area contributed by atoms with Crippen LogP contribution in [0.3, 0.4) is 0 Å². The van der Waals surface area contributed by atoms with Gasteiger partial charge in [-0.25, -0.2) is 0 Å². The van der Waals surface area contributed by atoms with Crippen LogP contribution in [-0.2, 0) is 5.41 Å². The molecule has 9 nitrogen and oxygen atoms in total. The molecule has 1 aliphatic carbocycles. The Bertz CT molecular complexity index is 9990. The summed E-state index contributed by atoms with van der Waals surface area (Å²) in [5.41, 5.74) is 25.8. The lowest BCUT2D eigenvalue weighted by atomic mass is 9.81. The first-order valence-corrected chi connectivity index (χ1v) is 43.3. The summed E-state index contributed by atoms with van der Waals surface area (Å²) in [6, 6.07) is 127. The molecule has 0 N–H and O–H groups in total. The molecule has 574 valence electrons. The van der Waals surface area contributed by atoms with Gasteiger partial charge in [0.2, 0.25) is 0 Å². The van der Waals surface area contributed by atoms with E-state index in [-0.39, 0.29) is 16.7 Å². The molecule has 10 heteroatoms. The number of benzene rings is 18. The van der Waals surface area contributed by atoms with Crippen LogP contribution in [0.2, 0.25) is 0 Å². The number of fused-ring (bicyclic) bond motifs is 30. The molecule has 0 bridgehead atoms. The molecule has 10 aromatic heterocycles. The van der Waals surface area contributed by atoms with Crippen molar-refractivity contribution in [1.82, 2.24) is 26.9 Å². The Kier molecular flexibility index (Phi) is 12.7. The minimum Gasteiger partial charge on any atom is -0.309 e. The Morgan fingerprint density at radius 2 is 0.524 bits per heavy atom. The first kappa shape index (κ1) is 66.8. The normalized spacial score (nSPS) is 13.2. The third-order valence-electron chi connectivity index (χ3n) is 28.4. The van der Waals surface area contributed by atoms with Gasteiger partial charge in [-0.15, -0.1) is 11.3 Å². The Balaban J connectivity index is 0.606. The molecular weight excluding hydrogens is 1530 g/mol. The van der Waals surface area contributed by atoms with E-state index < -0.39 is 5.41 Å². The van der Waals surface area contributed by atoms with Gasteiger partial charge in [-0.3, -0.25) is 27.6 Å². The number of para-hydroxylation sites is 5. The molecular formula is C114H64N6O3S. The monoisotopic (exact) mass is 1600 g/mol. The van der Waals surface area contributed by atoms with Crippen LogP contribution in [0.5, 0.6) is 0 Å². The smallest absolute Gasteiger partial charge is 0.263 e. The summed E-state index contributed by atoms with van der Waals surface area (Å²) < 4.78 is 15.7. The second kappa shape index (κ2) is 23.5. The lowest BCUT2D eigenvalue weighted by Gasteiger charge is -2.22. The van der Waals surface area contributed by atoms with E-state index in [4.69, 9.17) is 0 Å². The van der Waals surface area contributed by atoms with Gasteiger partial charge in [0.1, 0.15) is 0 Å². The standard InChI is InChI=1S/C114H64N6O3S/c1-114(2)95-53-65(61-35-41-72-88-51-66(64-39-46-107-87(49-64)79-26-12-18-34-106(79)124-107)52-89-77-24-10-16-32-100(77)119(108(88)89)113(123)94(72)50-61)36-42-73(95)82-59-86-84-48-63(38-44-103(84)117(105(86)60-96(82)114)69-56-90-70-19-3-5-27-80(70)111(121)118-101-33-17-11-25-78(101)92(57-69)109(90)118)62-37-43-102-83(47-62)76-23-9-15-31-99(76)115(102)67-40-45-104-85(54-67)93-58-68(55-91-71-20-4-6-28-81(71)112(122)120(104)110(91)93)116-97-29-13-7-21-74(97)75-22-8-14-30-98(75)116/h3-60H,1-2H3. The third-order valence-corrected chi connectivity index (χ3v) is 29.5. The summed E-state index contributed by atoms with van der Waals surface area (Å²) in [5, 5.41) is 23.6. The number of nitrogens with zero attached hydrogens (tertiary/aromatic N) is 6. The molecule has 18 aromatic carbocycles. The van der Waals surface area contributed by atoms with Crippen molar-refractivity contribution in [2.45, 2.75) is 19.3 Å². The molecule has 0 atom stereocenters. The van der Waals surface area contributed by atoms with Crippen molar-refractivity contribution >= 4 is 211 Å². The lowest BCUT2D eigenvalue weighted by Crippen LogP contribution is -2.15.